The summed E-state index contributed by atoms with van der Waals surface area (Å²) in [5.74, 6) is 0.677. The number of Topliss-reactive ketones (excluding diaryl/α,β-unsaturated/α-hetero) is 1. The Labute approximate surface area is 119 Å². The summed E-state index contributed by atoms with van der Waals surface area (Å²) in [6, 6.07) is 11.3. The number of nitrogens with zero attached hydrogens (tertiary/aromatic N) is 1. The molecule has 3 nitrogen and oxygen atoms in total. The van der Waals surface area contributed by atoms with Crippen LogP contribution in [-0.4, -0.2) is 17.4 Å². The molecule has 1 aromatic carbocycles. The number of ether oxygens (including phenoxy) is 1. The quantitative estimate of drug-likeness (QED) is 0.754. The molecule has 0 saturated heterocycles. The predicted molar refractivity (Wildman–Crippen MR) is 79.3 cm³/mol. The Morgan fingerprint density at radius 1 is 1.15 bits per heavy atom. The molecule has 0 fully saturated rings. The number of rotatable bonds is 6. The molecule has 0 aliphatic rings. The molecule has 3 heteroatoms. The third kappa shape index (κ3) is 3.44. The largest absolute Gasteiger partial charge is 0.493 e. The minimum Gasteiger partial charge on any atom is -0.493 e. The van der Waals surface area contributed by atoms with E-state index in [2.05, 4.69) is 11.9 Å². The lowest BCUT2D eigenvalue weighted by atomic mass is 10.0. The summed E-state index contributed by atoms with van der Waals surface area (Å²) in [5, 5.41) is 0. The molecule has 0 amide bonds. The van der Waals surface area contributed by atoms with Gasteiger partial charge in [0.25, 0.3) is 0 Å². The zero-order valence-corrected chi connectivity index (χ0v) is 11.9. The highest BCUT2D eigenvalue weighted by atomic mass is 16.5. The lowest BCUT2D eigenvalue weighted by Gasteiger charge is -2.09. The minimum atomic E-state index is 0.0331. The SMILES string of the molecule is CCOc1ccccc1C(=O)Cc1ccc(CC)cn1. The van der Waals surface area contributed by atoms with Crippen molar-refractivity contribution in [2.24, 2.45) is 0 Å². The van der Waals surface area contributed by atoms with Crippen molar-refractivity contribution in [2.45, 2.75) is 26.7 Å². The molecule has 2 rings (SSSR count). The summed E-state index contributed by atoms with van der Waals surface area (Å²) in [6.45, 7) is 4.54. The van der Waals surface area contributed by atoms with Crippen LogP contribution in [0.15, 0.2) is 42.6 Å². The Morgan fingerprint density at radius 3 is 2.60 bits per heavy atom. The van der Waals surface area contributed by atoms with Crippen LogP contribution < -0.4 is 4.74 Å². The van der Waals surface area contributed by atoms with E-state index in [0.717, 1.165) is 12.1 Å². The van der Waals surface area contributed by atoms with Crippen molar-refractivity contribution in [1.82, 2.24) is 4.98 Å². The number of ketones is 1. The van der Waals surface area contributed by atoms with Gasteiger partial charge in [-0.2, -0.15) is 0 Å². The first-order chi connectivity index (χ1) is 9.74. The van der Waals surface area contributed by atoms with Crippen LogP contribution in [0.5, 0.6) is 5.75 Å². The van der Waals surface area contributed by atoms with Crippen LogP contribution in [0.25, 0.3) is 0 Å². The van der Waals surface area contributed by atoms with E-state index in [1.165, 1.54) is 5.56 Å². The van der Waals surface area contributed by atoms with Gasteiger partial charge in [-0.3, -0.25) is 9.78 Å². The van der Waals surface area contributed by atoms with Crippen molar-refractivity contribution >= 4 is 5.78 Å². The minimum absolute atomic E-state index is 0.0331. The zero-order valence-electron chi connectivity index (χ0n) is 11.9. The second-order valence-corrected chi connectivity index (χ2v) is 4.54. The first-order valence-electron chi connectivity index (χ1n) is 6.93. The van der Waals surface area contributed by atoms with Crippen LogP contribution >= 0.6 is 0 Å². The van der Waals surface area contributed by atoms with Crippen LogP contribution in [0.4, 0.5) is 0 Å². The molecule has 0 aliphatic heterocycles. The van der Waals surface area contributed by atoms with Crippen molar-refractivity contribution < 1.29 is 9.53 Å². The highest BCUT2D eigenvalue weighted by molar-refractivity contribution is 5.99. The average molecular weight is 269 g/mol. The van der Waals surface area contributed by atoms with Gasteiger partial charge in [-0.1, -0.05) is 25.1 Å². The van der Waals surface area contributed by atoms with Crippen molar-refractivity contribution in [3.05, 3.63) is 59.4 Å². The maximum absolute atomic E-state index is 12.3. The number of aromatic nitrogens is 1. The van der Waals surface area contributed by atoms with Gasteiger partial charge in [-0.25, -0.2) is 0 Å². The van der Waals surface area contributed by atoms with Crippen molar-refractivity contribution in [2.75, 3.05) is 6.61 Å². The van der Waals surface area contributed by atoms with Crippen LogP contribution in [-0.2, 0) is 12.8 Å². The zero-order chi connectivity index (χ0) is 14.4. The van der Waals surface area contributed by atoms with E-state index in [0.29, 0.717) is 24.3 Å². The maximum Gasteiger partial charge on any atom is 0.172 e. The molecule has 1 aromatic heterocycles. The monoisotopic (exact) mass is 269 g/mol. The Morgan fingerprint density at radius 2 is 1.95 bits per heavy atom. The van der Waals surface area contributed by atoms with Crippen LogP contribution in [0.2, 0.25) is 0 Å². The third-order valence-electron chi connectivity index (χ3n) is 3.12. The highest BCUT2D eigenvalue weighted by Gasteiger charge is 2.13. The van der Waals surface area contributed by atoms with E-state index in [4.69, 9.17) is 4.74 Å². The number of pyridine rings is 1. The number of benzene rings is 1. The van der Waals surface area contributed by atoms with Gasteiger partial charge in [0.05, 0.1) is 18.6 Å². The molecule has 0 spiro atoms. The number of hydrogen-bond donors (Lipinski definition) is 0. The van der Waals surface area contributed by atoms with Gasteiger partial charge >= 0.3 is 0 Å². The molecule has 0 aliphatic carbocycles. The molecule has 20 heavy (non-hydrogen) atoms. The number of para-hydroxylation sites is 1. The summed E-state index contributed by atoms with van der Waals surface area (Å²) >= 11 is 0. The first-order valence-corrected chi connectivity index (χ1v) is 6.93. The Balaban J connectivity index is 2.15. The first kappa shape index (κ1) is 14.3. The fourth-order valence-electron chi connectivity index (χ4n) is 2.01. The summed E-state index contributed by atoms with van der Waals surface area (Å²) in [6.07, 6.45) is 3.08. The van der Waals surface area contributed by atoms with Crippen molar-refractivity contribution in [3.63, 3.8) is 0 Å². The molecule has 0 saturated carbocycles. The second-order valence-electron chi connectivity index (χ2n) is 4.54. The molecule has 0 bridgehead atoms. The van der Waals surface area contributed by atoms with Gasteiger partial charge in [0.1, 0.15) is 5.75 Å². The Kier molecular flexibility index (Phi) is 4.88. The number of carbonyl (C=O) groups is 1. The molecule has 0 unspecified atom stereocenters. The highest BCUT2D eigenvalue weighted by Crippen LogP contribution is 2.19. The van der Waals surface area contributed by atoms with Crippen LogP contribution in [0.3, 0.4) is 0 Å². The normalized spacial score (nSPS) is 10.3. The molecule has 2 aromatic rings. The van der Waals surface area contributed by atoms with Gasteiger partial charge in [-0.05, 0) is 37.1 Å². The smallest absolute Gasteiger partial charge is 0.172 e. The summed E-state index contributed by atoms with van der Waals surface area (Å²) in [5.41, 5.74) is 2.59. The number of hydrogen-bond acceptors (Lipinski definition) is 3. The van der Waals surface area contributed by atoms with E-state index in [9.17, 15) is 4.79 Å². The number of carbonyl (C=O) groups excluding carboxylic acids is 1. The lowest BCUT2D eigenvalue weighted by molar-refractivity contribution is 0.0988. The molecule has 0 N–H and O–H groups in total. The topological polar surface area (TPSA) is 39.2 Å². The van der Waals surface area contributed by atoms with E-state index in [-0.39, 0.29) is 5.78 Å². The predicted octanol–water partition coefficient (Wildman–Crippen LogP) is 3.47. The standard InChI is InChI=1S/C17H19NO2/c1-3-13-9-10-14(18-12-13)11-16(19)15-7-5-6-8-17(15)20-4-2/h5-10,12H,3-4,11H2,1-2H3. The van der Waals surface area contributed by atoms with E-state index >= 15 is 0 Å². The Bertz CT molecular complexity index is 576. The van der Waals surface area contributed by atoms with E-state index < -0.39 is 0 Å². The summed E-state index contributed by atoms with van der Waals surface area (Å²) < 4.78 is 5.49. The molecular formula is C17H19NO2. The fraction of sp³-hybridized carbons (Fsp3) is 0.294. The molecule has 1 heterocycles. The van der Waals surface area contributed by atoms with E-state index in [1.54, 1.807) is 6.07 Å². The van der Waals surface area contributed by atoms with Gasteiger partial charge in [0.15, 0.2) is 5.78 Å². The second kappa shape index (κ2) is 6.85. The fourth-order valence-corrected chi connectivity index (χ4v) is 2.01. The summed E-state index contributed by atoms with van der Waals surface area (Å²) in [7, 11) is 0. The van der Waals surface area contributed by atoms with Crippen LogP contribution in [0.1, 0.15) is 35.5 Å². The third-order valence-corrected chi connectivity index (χ3v) is 3.12. The van der Waals surface area contributed by atoms with Crippen LogP contribution in [0, 0.1) is 0 Å². The van der Waals surface area contributed by atoms with Gasteiger partial charge in [-0.15, -0.1) is 0 Å². The van der Waals surface area contributed by atoms with Crippen molar-refractivity contribution in [1.29, 1.82) is 0 Å². The molecule has 0 radical (unpaired) electrons. The van der Waals surface area contributed by atoms with Gasteiger partial charge in [0.2, 0.25) is 0 Å². The summed E-state index contributed by atoms with van der Waals surface area (Å²) in [4.78, 5) is 16.7. The maximum atomic E-state index is 12.3. The lowest BCUT2D eigenvalue weighted by Crippen LogP contribution is -2.08. The Hall–Kier alpha value is -2.16. The molecular weight excluding hydrogens is 250 g/mol. The average Bonchev–Trinajstić information content (AvgIpc) is 2.49. The molecule has 0 atom stereocenters. The van der Waals surface area contributed by atoms with Crippen molar-refractivity contribution in [3.8, 4) is 5.75 Å². The van der Waals surface area contributed by atoms with E-state index in [1.807, 2.05) is 43.5 Å². The van der Waals surface area contributed by atoms with Gasteiger partial charge in [0, 0.05) is 11.9 Å². The molecule has 104 valence electrons. The number of aryl methyl sites for hydroxylation is 1. The van der Waals surface area contributed by atoms with Gasteiger partial charge < -0.3 is 4.74 Å².